The standard InChI is InChI=1S/C18H31N5O/c1-18(2,24-4)14-22-17(19-3)21-13-15-8-9-20-16(12-15)23-10-6-5-7-11-23/h8-9,12H,5-7,10-11,13-14H2,1-4H3,(H2,19,21,22). The predicted octanol–water partition coefficient (Wildman–Crippen LogP) is 2.16. The van der Waals surface area contributed by atoms with Crippen LogP contribution in [-0.4, -0.2) is 50.3 Å². The molecular formula is C18H31N5O. The smallest absolute Gasteiger partial charge is 0.191 e. The number of ether oxygens (including phenoxy) is 1. The lowest BCUT2D eigenvalue weighted by Crippen LogP contribution is -2.45. The number of methoxy groups -OCH3 is 1. The summed E-state index contributed by atoms with van der Waals surface area (Å²) in [5.41, 5.74) is 0.981. The third-order valence-corrected chi connectivity index (χ3v) is 4.41. The van der Waals surface area contributed by atoms with Gasteiger partial charge in [0.05, 0.1) is 5.60 Å². The van der Waals surface area contributed by atoms with Crippen molar-refractivity contribution in [2.75, 3.05) is 38.7 Å². The lowest BCUT2D eigenvalue weighted by molar-refractivity contribution is 0.0268. The van der Waals surface area contributed by atoms with Gasteiger partial charge in [-0.15, -0.1) is 0 Å². The summed E-state index contributed by atoms with van der Waals surface area (Å²) >= 11 is 0. The van der Waals surface area contributed by atoms with Gasteiger partial charge >= 0.3 is 0 Å². The minimum atomic E-state index is -0.226. The summed E-state index contributed by atoms with van der Waals surface area (Å²) in [5, 5.41) is 6.65. The molecule has 0 bridgehead atoms. The summed E-state index contributed by atoms with van der Waals surface area (Å²) in [6.07, 6.45) is 5.74. The third kappa shape index (κ3) is 5.67. The van der Waals surface area contributed by atoms with Crippen molar-refractivity contribution in [3.05, 3.63) is 23.9 Å². The van der Waals surface area contributed by atoms with Gasteiger partial charge in [-0.25, -0.2) is 4.98 Å². The first-order valence-corrected chi connectivity index (χ1v) is 8.73. The zero-order chi connectivity index (χ0) is 17.4. The lowest BCUT2D eigenvalue weighted by Gasteiger charge is -2.28. The van der Waals surface area contributed by atoms with Crippen molar-refractivity contribution in [3.63, 3.8) is 0 Å². The number of guanidine groups is 1. The first-order valence-electron chi connectivity index (χ1n) is 8.73. The first kappa shape index (κ1) is 18.5. The molecule has 1 aliphatic heterocycles. The Morgan fingerprint density at radius 3 is 2.71 bits per heavy atom. The Kier molecular flexibility index (Phi) is 6.85. The van der Waals surface area contributed by atoms with E-state index < -0.39 is 0 Å². The molecule has 0 unspecified atom stereocenters. The van der Waals surface area contributed by atoms with Crippen molar-refractivity contribution in [3.8, 4) is 0 Å². The van der Waals surface area contributed by atoms with Gasteiger partial charge in [0.1, 0.15) is 5.82 Å². The fraction of sp³-hybridized carbons (Fsp3) is 0.667. The fourth-order valence-electron chi connectivity index (χ4n) is 2.64. The molecule has 24 heavy (non-hydrogen) atoms. The number of hydrogen-bond donors (Lipinski definition) is 2. The van der Waals surface area contributed by atoms with E-state index in [1.54, 1.807) is 14.2 Å². The lowest BCUT2D eigenvalue weighted by atomic mass is 10.1. The number of nitrogens with zero attached hydrogens (tertiary/aromatic N) is 3. The molecule has 2 heterocycles. The maximum atomic E-state index is 5.42. The average molecular weight is 333 g/mol. The van der Waals surface area contributed by atoms with E-state index in [0.29, 0.717) is 6.54 Å². The van der Waals surface area contributed by atoms with Gasteiger partial charge in [0.2, 0.25) is 0 Å². The highest BCUT2D eigenvalue weighted by molar-refractivity contribution is 5.79. The molecule has 134 valence electrons. The second-order valence-electron chi connectivity index (χ2n) is 6.81. The SMILES string of the molecule is CN=C(NCc1ccnc(N2CCCCC2)c1)NCC(C)(C)OC. The molecule has 1 saturated heterocycles. The average Bonchev–Trinajstić information content (AvgIpc) is 2.63. The largest absolute Gasteiger partial charge is 0.377 e. The maximum absolute atomic E-state index is 5.42. The number of rotatable bonds is 6. The first-order chi connectivity index (χ1) is 11.5. The highest BCUT2D eigenvalue weighted by Crippen LogP contribution is 2.18. The Labute approximate surface area is 145 Å². The number of pyridine rings is 1. The van der Waals surface area contributed by atoms with Crippen molar-refractivity contribution in [1.82, 2.24) is 15.6 Å². The monoisotopic (exact) mass is 333 g/mol. The Hall–Kier alpha value is -1.82. The van der Waals surface area contributed by atoms with Crippen LogP contribution in [0.3, 0.4) is 0 Å². The fourth-order valence-corrected chi connectivity index (χ4v) is 2.64. The van der Waals surface area contributed by atoms with Gasteiger partial charge in [0, 0.05) is 46.5 Å². The van der Waals surface area contributed by atoms with E-state index in [4.69, 9.17) is 4.74 Å². The van der Waals surface area contributed by atoms with Gasteiger partial charge in [0.15, 0.2) is 5.96 Å². The maximum Gasteiger partial charge on any atom is 0.191 e. The zero-order valence-corrected chi connectivity index (χ0v) is 15.4. The molecule has 2 N–H and O–H groups in total. The highest BCUT2D eigenvalue weighted by atomic mass is 16.5. The van der Waals surface area contributed by atoms with Crippen LogP contribution in [0.1, 0.15) is 38.7 Å². The van der Waals surface area contributed by atoms with Crippen molar-refractivity contribution >= 4 is 11.8 Å². The topological polar surface area (TPSA) is 61.8 Å². The summed E-state index contributed by atoms with van der Waals surface area (Å²) in [6.45, 7) is 7.72. The zero-order valence-electron chi connectivity index (χ0n) is 15.4. The van der Waals surface area contributed by atoms with Crippen molar-refractivity contribution in [1.29, 1.82) is 0 Å². The Morgan fingerprint density at radius 2 is 2.04 bits per heavy atom. The predicted molar refractivity (Wildman–Crippen MR) is 99.6 cm³/mol. The quantitative estimate of drug-likeness (QED) is 0.617. The second kappa shape index (κ2) is 8.87. The molecule has 6 heteroatoms. The summed E-state index contributed by atoms with van der Waals surface area (Å²) in [7, 11) is 3.50. The minimum Gasteiger partial charge on any atom is -0.377 e. The summed E-state index contributed by atoms with van der Waals surface area (Å²) in [5.74, 6) is 1.86. The van der Waals surface area contributed by atoms with E-state index in [1.165, 1.54) is 24.8 Å². The van der Waals surface area contributed by atoms with E-state index in [2.05, 4.69) is 31.6 Å². The minimum absolute atomic E-state index is 0.226. The van der Waals surface area contributed by atoms with Crippen LogP contribution in [0.15, 0.2) is 23.3 Å². The Bertz CT molecular complexity index is 538. The normalized spacial score (nSPS) is 16.2. The number of aliphatic imine (C=N–C) groups is 1. The van der Waals surface area contributed by atoms with Crippen LogP contribution < -0.4 is 15.5 Å². The molecule has 1 fully saturated rings. The molecule has 0 saturated carbocycles. The Morgan fingerprint density at radius 1 is 1.29 bits per heavy atom. The molecule has 6 nitrogen and oxygen atoms in total. The van der Waals surface area contributed by atoms with Crippen molar-refractivity contribution in [2.24, 2.45) is 4.99 Å². The van der Waals surface area contributed by atoms with Gasteiger partial charge in [-0.05, 0) is 50.8 Å². The van der Waals surface area contributed by atoms with Crippen LogP contribution in [0.4, 0.5) is 5.82 Å². The molecule has 1 aromatic rings. The molecule has 2 rings (SSSR count). The van der Waals surface area contributed by atoms with Gasteiger partial charge in [-0.2, -0.15) is 0 Å². The van der Waals surface area contributed by atoms with E-state index >= 15 is 0 Å². The summed E-state index contributed by atoms with van der Waals surface area (Å²) < 4.78 is 5.42. The molecule has 0 radical (unpaired) electrons. The molecular weight excluding hydrogens is 302 g/mol. The van der Waals surface area contributed by atoms with E-state index in [-0.39, 0.29) is 5.60 Å². The van der Waals surface area contributed by atoms with Crippen LogP contribution in [0, 0.1) is 0 Å². The molecule has 0 aromatic carbocycles. The van der Waals surface area contributed by atoms with Crippen LogP contribution in [0.5, 0.6) is 0 Å². The molecule has 0 spiro atoms. The third-order valence-electron chi connectivity index (χ3n) is 4.41. The van der Waals surface area contributed by atoms with Crippen LogP contribution in [-0.2, 0) is 11.3 Å². The van der Waals surface area contributed by atoms with E-state index in [9.17, 15) is 0 Å². The molecule has 0 amide bonds. The van der Waals surface area contributed by atoms with Gasteiger partial charge < -0.3 is 20.3 Å². The number of nitrogens with one attached hydrogen (secondary N) is 2. The van der Waals surface area contributed by atoms with Crippen molar-refractivity contribution < 1.29 is 4.74 Å². The number of anilines is 1. The van der Waals surface area contributed by atoms with Crippen LogP contribution in [0.25, 0.3) is 0 Å². The second-order valence-corrected chi connectivity index (χ2v) is 6.81. The molecule has 1 aromatic heterocycles. The van der Waals surface area contributed by atoms with Gasteiger partial charge in [-0.3, -0.25) is 4.99 Å². The van der Waals surface area contributed by atoms with Gasteiger partial charge in [-0.1, -0.05) is 0 Å². The van der Waals surface area contributed by atoms with Crippen LogP contribution in [0.2, 0.25) is 0 Å². The van der Waals surface area contributed by atoms with E-state index in [0.717, 1.165) is 31.4 Å². The molecule has 0 atom stereocenters. The molecule has 1 aliphatic rings. The Balaban J connectivity index is 1.88. The number of aromatic nitrogens is 1. The van der Waals surface area contributed by atoms with Crippen molar-refractivity contribution in [2.45, 2.75) is 45.3 Å². The summed E-state index contributed by atoms with van der Waals surface area (Å²) in [4.78, 5) is 11.2. The number of hydrogen-bond acceptors (Lipinski definition) is 4. The number of piperidine rings is 1. The van der Waals surface area contributed by atoms with E-state index in [1.807, 2.05) is 26.1 Å². The molecule has 0 aliphatic carbocycles. The summed E-state index contributed by atoms with van der Waals surface area (Å²) in [6, 6.07) is 4.22. The van der Waals surface area contributed by atoms with Gasteiger partial charge in [0.25, 0.3) is 0 Å². The highest BCUT2D eigenvalue weighted by Gasteiger charge is 2.16. The van der Waals surface area contributed by atoms with Crippen LogP contribution >= 0.6 is 0 Å².